The lowest BCUT2D eigenvalue weighted by Crippen LogP contribution is -2.20. The number of hydrogen-bond acceptors (Lipinski definition) is 3. The molecule has 0 radical (unpaired) electrons. The van der Waals surface area contributed by atoms with Gasteiger partial charge in [-0.25, -0.2) is 4.98 Å². The maximum Gasteiger partial charge on any atom is 0.125 e. The fraction of sp³-hybridized carbons (Fsp3) is 0.438. The highest BCUT2D eigenvalue weighted by Crippen LogP contribution is 2.27. The van der Waals surface area contributed by atoms with Crippen molar-refractivity contribution in [2.24, 2.45) is 7.05 Å². The van der Waals surface area contributed by atoms with Gasteiger partial charge in [-0.15, -0.1) is 0 Å². The lowest BCUT2D eigenvalue weighted by Gasteiger charge is -2.16. The second-order valence-electron chi connectivity index (χ2n) is 5.32. The third kappa shape index (κ3) is 2.56. The van der Waals surface area contributed by atoms with Gasteiger partial charge in [-0.05, 0) is 37.1 Å². The highest BCUT2D eigenvalue weighted by molar-refractivity contribution is 5.39. The molecule has 0 spiro atoms. The lowest BCUT2D eigenvalue weighted by atomic mass is 10.0. The summed E-state index contributed by atoms with van der Waals surface area (Å²) in [7, 11) is 4.04. The zero-order valence-electron chi connectivity index (χ0n) is 12.1. The molecule has 20 heavy (non-hydrogen) atoms. The molecule has 4 nitrogen and oxygen atoms in total. The molecule has 0 fully saturated rings. The fourth-order valence-corrected chi connectivity index (χ4v) is 2.82. The first-order chi connectivity index (χ1) is 9.78. The van der Waals surface area contributed by atoms with Crippen LogP contribution >= 0.6 is 0 Å². The minimum atomic E-state index is 0.291. The number of nitrogens with zero attached hydrogens (tertiary/aromatic N) is 2. The van der Waals surface area contributed by atoms with Crippen LogP contribution in [0.5, 0.6) is 5.75 Å². The molecule has 0 amide bonds. The van der Waals surface area contributed by atoms with Gasteiger partial charge in [0.25, 0.3) is 0 Å². The number of aromatic nitrogens is 2. The van der Waals surface area contributed by atoms with Crippen LogP contribution in [0, 0.1) is 0 Å². The first-order valence-electron chi connectivity index (χ1n) is 7.17. The topological polar surface area (TPSA) is 39.1 Å². The van der Waals surface area contributed by atoms with Crippen molar-refractivity contribution in [2.45, 2.75) is 25.3 Å². The zero-order chi connectivity index (χ0) is 13.9. The van der Waals surface area contributed by atoms with Crippen LogP contribution in [0.15, 0.2) is 30.6 Å². The molecule has 106 valence electrons. The van der Waals surface area contributed by atoms with Gasteiger partial charge in [0.2, 0.25) is 0 Å². The van der Waals surface area contributed by atoms with E-state index in [2.05, 4.69) is 33.1 Å². The zero-order valence-corrected chi connectivity index (χ0v) is 12.1. The molecule has 1 aliphatic rings. The Hall–Kier alpha value is -1.81. The average molecular weight is 271 g/mol. The third-order valence-electron chi connectivity index (χ3n) is 3.99. The highest BCUT2D eigenvalue weighted by Gasteiger charge is 2.15. The smallest absolute Gasteiger partial charge is 0.125 e. The van der Waals surface area contributed by atoms with Gasteiger partial charge in [0.05, 0.1) is 12.6 Å². The molecule has 4 heteroatoms. The molecule has 0 bridgehead atoms. The van der Waals surface area contributed by atoms with Crippen molar-refractivity contribution in [3.63, 3.8) is 0 Å². The Morgan fingerprint density at radius 1 is 1.45 bits per heavy atom. The molecule has 1 aliphatic heterocycles. The number of imidazole rings is 1. The van der Waals surface area contributed by atoms with Crippen LogP contribution in [0.1, 0.15) is 29.4 Å². The highest BCUT2D eigenvalue weighted by atomic mass is 16.5. The van der Waals surface area contributed by atoms with Crippen molar-refractivity contribution in [3.05, 3.63) is 47.5 Å². The van der Waals surface area contributed by atoms with Crippen molar-refractivity contribution < 1.29 is 4.74 Å². The molecule has 1 unspecified atom stereocenters. The first-order valence-corrected chi connectivity index (χ1v) is 7.17. The fourth-order valence-electron chi connectivity index (χ4n) is 2.82. The maximum absolute atomic E-state index is 5.55. The molecule has 0 aliphatic carbocycles. The number of hydrogen-bond donors (Lipinski definition) is 1. The third-order valence-corrected chi connectivity index (χ3v) is 3.99. The first kappa shape index (κ1) is 13.2. The Kier molecular flexibility index (Phi) is 3.74. The van der Waals surface area contributed by atoms with Gasteiger partial charge < -0.3 is 14.6 Å². The monoisotopic (exact) mass is 271 g/mol. The second kappa shape index (κ2) is 5.67. The van der Waals surface area contributed by atoms with Crippen LogP contribution in [0.25, 0.3) is 0 Å². The molecular weight excluding hydrogens is 250 g/mol. The van der Waals surface area contributed by atoms with Gasteiger partial charge in [0.1, 0.15) is 11.6 Å². The van der Waals surface area contributed by atoms with Crippen molar-refractivity contribution in [3.8, 4) is 5.75 Å². The Morgan fingerprint density at radius 2 is 2.35 bits per heavy atom. The van der Waals surface area contributed by atoms with E-state index in [1.807, 2.05) is 26.5 Å². The van der Waals surface area contributed by atoms with Crippen LogP contribution < -0.4 is 10.1 Å². The summed E-state index contributed by atoms with van der Waals surface area (Å²) in [6, 6.07) is 6.86. The van der Waals surface area contributed by atoms with E-state index in [0.717, 1.165) is 37.4 Å². The van der Waals surface area contributed by atoms with Crippen molar-refractivity contribution in [1.82, 2.24) is 14.9 Å². The number of fused-ring (bicyclic) bond motifs is 1. The van der Waals surface area contributed by atoms with Gasteiger partial charge >= 0.3 is 0 Å². The molecule has 3 rings (SSSR count). The summed E-state index contributed by atoms with van der Waals surface area (Å²) in [5, 5.41) is 3.36. The number of nitrogens with one attached hydrogen (secondary N) is 1. The SMILES string of the molecule is CNC(CCc1ccc2c(c1)CCO2)c1nccn1C. The van der Waals surface area contributed by atoms with E-state index in [4.69, 9.17) is 4.74 Å². The molecule has 1 aromatic heterocycles. The maximum atomic E-state index is 5.55. The van der Waals surface area contributed by atoms with Crippen molar-refractivity contribution >= 4 is 0 Å². The van der Waals surface area contributed by atoms with E-state index in [0.29, 0.717) is 6.04 Å². The normalized spacial score (nSPS) is 14.9. The van der Waals surface area contributed by atoms with Crippen molar-refractivity contribution in [1.29, 1.82) is 0 Å². The number of ether oxygens (including phenoxy) is 1. The van der Waals surface area contributed by atoms with E-state index < -0.39 is 0 Å². The predicted octanol–water partition coefficient (Wildman–Crippen LogP) is 2.25. The molecule has 0 saturated heterocycles. The summed E-state index contributed by atoms with van der Waals surface area (Å²) in [5.74, 6) is 2.15. The number of aryl methyl sites for hydroxylation is 2. The molecule has 2 heterocycles. The van der Waals surface area contributed by atoms with Crippen molar-refractivity contribution in [2.75, 3.05) is 13.7 Å². The minimum Gasteiger partial charge on any atom is -0.493 e. The van der Waals surface area contributed by atoms with E-state index in [-0.39, 0.29) is 0 Å². The molecule has 2 aromatic rings. The Balaban J connectivity index is 1.68. The van der Waals surface area contributed by atoms with Crippen LogP contribution in [0.3, 0.4) is 0 Å². The molecule has 1 atom stereocenters. The lowest BCUT2D eigenvalue weighted by molar-refractivity contribution is 0.357. The number of benzene rings is 1. The van der Waals surface area contributed by atoms with Gasteiger partial charge in [-0.3, -0.25) is 0 Å². The van der Waals surface area contributed by atoms with Gasteiger partial charge in [-0.2, -0.15) is 0 Å². The summed E-state index contributed by atoms with van der Waals surface area (Å²) in [5.41, 5.74) is 2.73. The summed E-state index contributed by atoms with van der Waals surface area (Å²) < 4.78 is 7.63. The van der Waals surface area contributed by atoms with Crippen LogP contribution in [0.2, 0.25) is 0 Å². The van der Waals surface area contributed by atoms with Crippen LogP contribution in [-0.4, -0.2) is 23.2 Å². The Bertz CT molecular complexity index is 591. The van der Waals surface area contributed by atoms with Gasteiger partial charge in [-0.1, -0.05) is 12.1 Å². The minimum absolute atomic E-state index is 0.291. The van der Waals surface area contributed by atoms with E-state index in [1.165, 1.54) is 11.1 Å². The number of rotatable bonds is 5. The standard InChI is InChI=1S/C16H21N3O/c1-17-14(16-18-8-9-19(16)2)5-3-12-4-6-15-13(11-12)7-10-20-15/h4,6,8-9,11,14,17H,3,5,7,10H2,1-2H3. The van der Waals surface area contributed by atoms with E-state index >= 15 is 0 Å². The van der Waals surface area contributed by atoms with Gasteiger partial charge in [0.15, 0.2) is 0 Å². The summed E-state index contributed by atoms with van der Waals surface area (Å²) in [6.45, 7) is 0.825. The van der Waals surface area contributed by atoms with E-state index in [1.54, 1.807) is 0 Å². The summed E-state index contributed by atoms with van der Waals surface area (Å²) in [4.78, 5) is 4.44. The largest absolute Gasteiger partial charge is 0.493 e. The molecular formula is C16H21N3O. The van der Waals surface area contributed by atoms with Crippen LogP contribution in [0.4, 0.5) is 0 Å². The molecule has 0 saturated carbocycles. The summed E-state index contributed by atoms with van der Waals surface area (Å²) in [6.07, 6.45) is 6.98. The average Bonchev–Trinajstić information content (AvgIpc) is 3.08. The molecule has 1 N–H and O–H groups in total. The Morgan fingerprint density at radius 3 is 3.10 bits per heavy atom. The predicted molar refractivity (Wildman–Crippen MR) is 79.0 cm³/mol. The summed E-state index contributed by atoms with van der Waals surface area (Å²) >= 11 is 0. The quantitative estimate of drug-likeness (QED) is 0.906. The van der Waals surface area contributed by atoms with Gasteiger partial charge in [0, 0.05) is 25.9 Å². The molecule has 1 aromatic carbocycles. The van der Waals surface area contributed by atoms with Crippen LogP contribution in [-0.2, 0) is 19.9 Å². The second-order valence-corrected chi connectivity index (χ2v) is 5.32. The van der Waals surface area contributed by atoms with E-state index in [9.17, 15) is 0 Å². The Labute approximate surface area is 119 Å².